The normalized spacial score (nSPS) is 26.9. The number of hydrogen-bond acceptors (Lipinski definition) is 5. The third-order valence-electron chi connectivity index (χ3n) is 2.46. The molecule has 1 saturated heterocycles. The van der Waals surface area contributed by atoms with E-state index in [0.717, 1.165) is 0 Å². The average molecular weight is 296 g/mol. The van der Waals surface area contributed by atoms with Gasteiger partial charge in [0.15, 0.2) is 9.84 Å². The highest BCUT2D eigenvalue weighted by Gasteiger charge is 2.37. The predicted molar refractivity (Wildman–Crippen MR) is 65.2 cm³/mol. The van der Waals surface area contributed by atoms with Crippen molar-refractivity contribution < 1.29 is 18.3 Å². The Morgan fingerprint density at radius 3 is 2.71 bits per heavy atom. The highest BCUT2D eigenvalue weighted by Crippen LogP contribution is 2.22. The molecule has 17 heavy (non-hydrogen) atoms. The maximum absolute atomic E-state index is 11.7. The van der Waals surface area contributed by atoms with E-state index in [0.29, 0.717) is 9.90 Å². The SMILES string of the molecule is O=C(N[C@@H]1CS(=O)(=O)C[C@H]1O)c1sccc1Cl. The number of rotatable bonds is 2. The number of halogens is 1. The van der Waals surface area contributed by atoms with E-state index >= 15 is 0 Å². The zero-order chi connectivity index (χ0) is 12.6. The van der Waals surface area contributed by atoms with Gasteiger partial charge in [-0.2, -0.15) is 0 Å². The summed E-state index contributed by atoms with van der Waals surface area (Å²) in [7, 11) is -3.26. The van der Waals surface area contributed by atoms with Gasteiger partial charge < -0.3 is 10.4 Å². The van der Waals surface area contributed by atoms with E-state index in [9.17, 15) is 18.3 Å². The monoisotopic (exact) mass is 295 g/mol. The molecule has 5 nitrogen and oxygen atoms in total. The first-order valence-electron chi connectivity index (χ1n) is 4.81. The highest BCUT2D eigenvalue weighted by molar-refractivity contribution is 7.91. The van der Waals surface area contributed by atoms with Gasteiger partial charge in [-0.3, -0.25) is 4.79 Å². The van der Waals surface area contributed by atoms with Crippen molar-refractivity contribution in [2.75, 3.05) is 11.5 Å². The van der Waals surface area contributed by atoms with Gasteiger partial charge in [0.25, 0.3) is 5.91 Å². The van der Waals surface area contributed by atoms with Crippen molar-refractivity contribution in [1.29, 1.82) is 0 Å². The zero-order valence-corrected chi connectivity index (χ0v) is 11.0. The van der Waals surface area contributed by atoms with E-state index in [2.05, 4.69) is 5.32 Å². The van der Waals surface area contributed by atoms with Crippen LogP contribution in [0.5, 0.6) is 0 Å². The van der Waals surface area contributed by atoms with Crippen LogP contribution < -0.4 is 5.32 Å². The molecule has 2 heterocycles. The molecule has 2 N–H and O–H groups in total. The van der Waals surface area contributed by atoms with Gasteiger partial charge in [-0.1, -0.05) is 11.6 Å². The molecule has 1 amide bonds. The second-order valence-electron chi connectivity index (χ2n) is 3.82. The lowest BCUT2D eigenvalue weighted by Crippen LogP contribution is -2.42. The fraction of sp³-hybridized carbons (Fsp3) is 0.444. The number of aliphatic hydroxyl groups excluding tert-OH is 1. The Kier molecular flexibility index (Phi) is 3.44. The summed E-state index contributed by atoms with van der Waals surface area (Å²) in [6.45, 7) is 0. The van der Waals surface area contributed by atoms with Crippen molar-refractivity contribution >= 4 is 38.7 Å². The van der Waals surface area contributed by atoms with Crippen LogP contribution >= 0.6 is 22.9 Å². The number of sulfone groups is 1. The third kappa shape index (κ3) is 2.79. The third-order valence-corrected chi connectivity index (χ3v) is 5.52. The van der Waals surface area contributed by atoms with E-state index in [1.165, 1.54) is 11.3 Å². The predicted octanol–water partition coefficient (Wildman–Crippen LogP) is 0.289. The molecule has 0 radical (unpaired) electrons. The number of amides is 1. The molecule has 1 aliphatic heterocycles. The Labute approximate surface area is 107 Å². The van der Waals surface area contributed by atoms with Gasteiger partial charge in [0, 0.05) is 0 Å². The molecular formula is C9H10ClNO4S2. The van der Waals surface area contributed by atoms with Crippen LogP contribution in [-0.4, -0.2) is 43.1 Å². The first-order valence-corrected chi connectivity index (χ1v) is 7.89. The Balaban J connectivity index is 2.08. The first-order chi connectivity index (χ1) is 7.89. The lowest BCUT2D eigenvalue weighted by Gasteiger charge is -2.14. The fourth-order valence-corrected chi connectivity index (χ4v) is 4.44. The van der Waals surface area contributed by atoms with Gasteiger partial charge >= 0.3 is 0 Å². The molecule has 8 heteroatoms. The minimum atomic E-state index is -3.26. The maximum atomic E-state index is 11.7. The summed E-state index contributed by atoms with van der Waals surface area (Å²) in [6, 6.07) is 0.828. The molecule has 0 spiro atoms. The number of thiophene rings is 1. The van der Waals surface area contributed by atoms with E-state index in [4.69, 9.17) is 11.6 Å². The number of carbonyl (C=O) groups is 1. The zero-order valence-electron chi connectivity index (χ0n) is 8.59. The van der Waals surface area contributed by atoms with Crippen molar-refractivity contribution in [1.82, 2.24) is 5.32 Å². The minimum absolute atomic E-state index is 0.233. The van der Waals surface area contributed by atoms with Gasteiger partial charge in [-0.05, 0) is 11.4 Å². The molecule has 1 fully saturated rings. The molecule has 0 aromatic carbocycles. The fourth-order valence-electron chi connectivity index (χ4n) is 1.66. The van der Waals surface area contributed by atoms with Crippen LogP contribution in [0.1, 0.15) is 9.67 Å². The van der Waals surface area contributed by atoms with Gasteiger partial charge in [-0.25, -0.2) is 8.42 Å². The molecule has 0 unspecified atom stereocenters. The number of carbonyl (C=O) groups excluding carboxylic acids is 1. The van der Waals surface area contributed by atoms with Gasteiger partial charge in [0.2, 0.25) is 0 Å². The van der Waals surface area contributed by atoms with E-state index in [-0.39, 0.29) is 11.5 Å². The first kappa shape index (κ1) is 12.8. The summed E-state index contributed by atoms with van der Waals surface area (Å²) in [5.41, 5.74) is 0. The quantitative estimate of drug-likeness (QED) is 0.821. The van der Waals surface area contributed by atoms with Crippen LogP contribution in [0.15, 0.2) is 11.4 Å². The van der Waals surface area contributed by atoms with Crippen molar-refractivity contribution in [3.63, 3.8) is 0 Å². The molecule has 1 aromatic heterocycles. The van der Waals surface area contributed by atoms with Gasteiger partial charge in [0.05, 0.1) is 28.7 Å². The van der Waals surface area contributed by atoms with Crippen molar-refractivity contribution in [3.05, 3.63) is 21.3 Å². The highest BCUT2D eigenvalue weighted by atomic mass is 35.5. The molecule has 0 bridgehead atoms. The Bertz CT molecular complexity index is 539. The van der Waals surface area contributed by atoms with E-state index in [1.54, 1.807) is 11.4 Å². The van der Waals surface area contributed by atoms with Crippen LogP contribution in [0, 0.1) is 0 Å². The van der Waals surface area contributed by atoms with Gasteiger partial charge in [-0.15, -0.1) is 11.3 Å². The summed E-state index contributed by atoms with van der Waals surface area (Å²) in [4.78, 5) is 12.1. The van der Waals surface area contributed by atoms with Crippen molar-refractivity contribution in [2.24, 2.45) is 0 Å². The van der Waals surface area contributed by atoms with Crippen LogP contribution in [0.4, 0.5) is 0 Å². The van der Waals surface area contributed by atoms with Crippen LogP contribution in [0.2, 0.25) is 5.02 Å². The molecule has 2 atom stereocenters. The summed E-state index contributed by atoms with van der Waals surface area (Å²) in [5.74, 6) is -0.995. The number of nitrogens with one attached hydrogen (secondary N) is 1. The van der Waals surface area contributed by atoms with Crippen molar-refractivity contribution in [3.8, 4) is 0 Å². The van der Waals surface area contributed by atoms with E-state index in [1.807, 2.05) is 0 Å². The second-order valence-corrected chi connectivity index (χ2v) is 7.30. The molecule has 2 rings (SSSR count). The summed E-state index contributed by atoms with van der Waals surface area (Å²) in [5, 5.41) is 14.0. The minimum Gasteiger partial charge on any atom is -0.390 e. The number of hydrogen-bond donors (Lipinski definition) is 2. The average Bonchev–Trinajstić information content (AvgIpc) is 2.71. The topological polar surface area (TPSA) is 83.5 Å². The Morgan fingerprint density at radius 1 is 1.53 bits per heavy atom. The van der Waals surface area contributed by atoms with Gasteiger partial charge in [0.1, 0.15) is 4.88 Å². The molecule has 0 saturated carbocycles. The molecule has 94 valence electrons. The van der Waals surface area contributed by atoms with Crippen LogP contribution in [-0.2, 0) is 9.84 Å². The lowest BCUT2D eigenvalue weighted by atomic mass is 10.2. The second kappa shape index (κ2) is 4.56. The molecule has 1 aliphatic rings. The Morgan fingerprint density at radius 2 is 2.24 bits per heavy atom. The lowest BCUT2D eigenvalue weighted by molar-refractivity contribution is 0.0893. The van der Waals surface area contributed by atoms with Crippen LogP contribution in [0.25, 0.3) is 0 Å². The van der Waals surface area contributed by atoms with E-state index < -0.39 is 27.9 Å². The summed E-state index contributed by atoms with van der Waals surface area (Å²) < 4.78 is 22.5. The molecule has 0 aliphatic carbocycles. The number of aliphatic hydroxyl groups is 1. The summed E-state index contributed by atoms with van der Waals surface area (Å²) in [6.07, 6.45) is -1.05. The Hall–Kier alpha value is -0.630. The smallest absolute Gasteiger partial charge is 0.263 e. The molecular weight excluding hydrogens is 286 g/mol. The summed E-state index contributed by atoms with van der Waals surface area (Å²) >= 11 is 6.95. The van der Waals surface area contributed by atoms with Crippen LogP contribution in [0.3, 0.4) is 0 Å². The standard InChI is InChI=1S/C9H10ClNO4S2/c10-5-1-2-16-8(5)9(13)11-6-3-17(14,15)4-7(6)12/h1-2,6-7,12H,3-4H2,(H,11,13)/t6-,7-/m1/s1. The largest absolute Gasteiger partial charge is 0.390 e. The maximum Gasteiger partial charge on any atom is 0.263 e. The molecule has 1 aromatic rings. The van der Waals surface area contributed by atoms with Crippen molar-refractivity contribution in [2.45, 2.75) is 12.1 Å².